The first-order chi connectivity index (χ1) is 10.3. The smallest absolute Gasteiger partial charge is 0.0582 e. The number of halogens is 1. The Morgan fingerprint density at radius 3 is 2.38 bits per heavy atom. The van der Waals surface area contributed by atoms with Gasteiger partial charge >= 0.3 is 0 Å². The van der Waals surface area contributed by atoms with Gasteiger partial charge in [0.1, 0.15) is 0 Å². The lowest BCUT2D eigenvalue weighted by Crippen LogP contribution is -2.22. The molecule has 0 aromatic heterocycles. The lowest BCUT2D eigenvalue weighted by atomic mass is 9.94. The van der Waals surface area contributed by atoms with E-state index in [0.29, 0.717) is 0 Å². The summed E-state index contributed by atoms with van der Waals surface area (Å²) in [5.41, 5.74) is 2.54. The van der Waals surface area contributed by atoms with Crippen molar-refractivity contribution < 1.29 is 0 Å². The largest absolute Gasteiger partial charge is 0.307 e. The van der Waals surface area contributed by atoms with E-state index in [1.165, 1.54) is 21.9 Å². The first-order valence-electron chi connectivity index (χ1n) is 7.26. The van der Waals surface area contributed by atoms with Crippen LogP contribution in [0.5, 0.6) is 0 Å². The molecule has 0 radical (unpaired) electrons. The van der Waals surface area contributed by atoms with Crippen molar-refractivity contribution in [2.24, 2.45) is 0 Å². The van der Waals surface area contributed by atoms with Crippen molar-refractivity contribution in [1.82, 2.24) is 5.32 Å². The molecule has 0 aliphatic carbocycles. The molecule has 2 heteroatoms. The molecule has 0 spiro atoms. The fourth-order valence-electron chi connectivity index (χ4n) is 2.77. The molecule has 3 aromatic rings. The summed E-state index contributed by atoms with van der Waals surface area (Å²) >= 11 is 6.01. The normalized spacial score (nSPS) is 12.5. The number of hydrogen-bond donors (Lipinski definition) is 1. The maximum Gasteiger partial charge on any atom is 0.0582 e. The van der Waals surface area contributed by atoms with Crippen LogP contribution in [0, 0.1) is 0 Å². The van der Waals surface area contributed by atoms with Gasteiger partial charge in [0, 0.05) is 5.02 Å². The second-order valence-corrected chi connectivity index (χ2v) is 5.55. The zero-order valence-corrected chi connectivity index (χ0v) is 12.8. The Labute approximate surface area is 130 Å². The minimum Gasteiger partial charge on any atom is -0.307 e. The van der Waals surface area contributed by atoms with Crippen LogP contribution >= 0.6 is 11.6 Å². The van der Waals surface area contributed by atoms with E-state index in [2.05, 4.69) is 66.8 Å². The van der Waals surface area contributed by atoms with Crippen LogP contribution < -0.4 is 5.32 Å². The number of hydrogen-bond acceptors (Lipinski definition) is 1. The van der Waals surface area contributed by atoms with Crippen molar-refractivity contribution >= 4 is 22.4 Å². The third kappa shape index (κ3) is 2.94. The highest BCUT2D eigenvalue weighted by Gasteiger charge is 2.15. The fraction of sp³-hybridized carbons (Fsp3) is 0.158. The first-order valence-corrected chi connectivity index (χ1v) is 7.64. The van der Waals surface area contributed by atoms with E-state index in [9.17, 15) is 0 Å². The standard InChI is InChI=1S/C19H18ClN/c1-2-21-19(15-10-12-16(20)13-11-15)18-9-5-7-14-6-3-4-8-17(14)18/h3-13,19,21H,2H2,1H3. The quantitative estimate of drug-likeness (QED) is 0.698. The predicted molar refractivity (Wildman–Crippen MR) is 90.9 cm³/mol. The van der Waals surface area contributed by atoms with Crippen LogP contribution in [0.1, 0.15) is 24.1 Å². The molecular formula is C19H18ClN. The molecule has 21 heavy (non-hydrogen) atoms. The van der Waals surface area contributed by atoms with Crippen LogP contribution in [0.2, 0.25) is 5.02 Å². The second-order valence-electron chi connectivity index (χ2n) is 5.11. The summed E-state index contributed by atoms with van der Waals surface area (Å²) in [5, 5.41) is 6.92. The van der Waals surface area contributed by atoms with E-state index in [-0.39, 0.29) is 6.04 Å². The number of rotatable bonds is 4. The van der Waals surface area contributed by atoms with Gasteiger partial charge in [0.05, 0.1) is 6.04 Å². The van der Waals surface area contributed by atoms with Crippen molar-refractivity contribution in [3.8, 4) is 0 Å². The van der Waals surface area contributed by atoms with Gasteiger partial charge in [-0.25, -0.2) is 0 Å². The van der Waals surface area contributed by atoms with Gasteiger partial charge in [-0.2, -0.15) is 0 Å². The van der Waals surface area contributed by atoms with Gasteiger partial charge in [-0.1, -0.05) is 73.1 Å². The number of nitrogens with one attached hydrogen (secondary N) is 1. The van der Waals surface area contributed by atoms with Gasteiger partial charge in [0.15, 0.2) is 0 Å². The summed E-state index contributed by atoms with van der Waals surface area (Å²) in [7, 11) is 0. The lowest BCUT2D eigenvalue weighted by molar-refractivity contribution is 0.634. The van der Waals surface area contributed by atoms with Crippen LogP contribution in [0.4, 0.5) is 0 Å². The molecule has 0 aliphatic heterocycles. The fourth-order valence-corrected chi connectivity index (χ4v) is 2.89. The summed E-state index contributed by atoms with van der Waals surface area (Å²) in [6.45, 7) is 3.05. The Kier molecular flexibility index (Phi) is 4.23. The van der Waals surface area contributed by atoms with Gasteiger partial charge in [0.25, 0.3) is 0 Å². The predicted octanol–water partition coefficient (Wildman–Crippen LogP) is 5.19. The van der Waals surface area contributed by atoms with Crippen LogP contribution in [-0.4, -0.2) is 6.54 Å². The third-order valence-electron chi connectivity index (χ3n) is 3.75. The maximum atomic E-state index is 6.01. The highest BCUT2D eigenvalue weighted by atomic mass is 35.5. The minimum atomic E-state index is 0.179. The second kappa shape index (κ2) is 6.30. The summed E-state index contributed by atoms with van der Waals surface area (Å²) < 4.78 is 0. The monoisotopic (exact) mass is 295 g/mol. The zero-order valence-electron chi connectivity index (χ0n) is 12.0. The summed E-state index contributed by atoms with van der Waals surface area (Å²) in [6.07, 6.45) is 0. The van der Waals surface area contributed by atoms with Crippen molar-refractivity contribution in [2.45, 2.75) is 13.0 Å². The number of fused-ring (bicyclic) bond motifs is 1. The Morgan fingerprint density at radius 1 is 0.905 bits per heavy atom. The molecule has 1 atom stereocenters. The van der Waals surface area contributed by atoms with Crippen LogP contribution in [0.15, 0.2) is 66.7 Å². The molecule has 0 bridgehead atoms. The van der Waals surface area contributed by atoms with Crippen LogP contribution in [0.25, 0.3) is 10.8 Å². The highest BCUT2D eigenvalue weighted by Crippen LogP contribution is 2.29. The minimum absolute atomic E-state index is 0.179. The first kappa shape index (κ1) is 14.1. The van der Waals surface area contributed by atoms with Gasteiger partial charge < -0.3 is 5.32 Å². The molecule has 1 unspecified atom stereocenters. The molecule has 3 aromatic carbocycles. The van der Waals surface area contributed by atoms with E-state index in [1.807, 2.05) is 12.1 Å². The summed E-state index contributed by atoms with van der Waals surface area (Å²) in [5.74, 6) is 0. The van der Waals surface area contributed by atoms with Crippen molar-refractivity contribution in [3.05, 3.63) is 82.9 Å². The highest BCUT2D eigenvalue weighted by molar-refractivity contribution is 6.30. The molecule has 3 rings (SSSR count). The number of benzene rings is 3. The maximum absolute atomic E-state index is 6.01. The third-order valence-corrected chi connectivity index (χ3v) is 4.00. The molecule has 0 heterocycles. The molecule has 0 saturated heterocycles. The van der Waals surface area contributed by atoms with E-state index >= 15 is 0 Å². The molecular weight excluding hydrogens is 278 g/mol. The summed E-state index contributed by atoms with van der Waals surface area (Å²) in [6, 6.07) is 23.3. The van der Waals surface area contributed by atoms with E-state index in [1.54, 1.807) is 0 Å². The van der Waals surface area contributed by atoms with Crippen molar-refractivity contribution in [3.63, 3.8) is 0 Å². The average molecular weight is 296 g/mol. The van der Waals surface area contributed by atoms with Crippen LogP contribution in [0.3, 0.4) is 0 Å². The van der Waals surface area contributed by atoms with E-state index in [4.69, 9.17) is 11.6 Å². The van der Waals surface area contributed by atoms with Gasteiger partial charge in [0.2, 0.25) is 0 Å². The molecule has 106 valence electrons. The van der Waals surface area contributed by atoms with Gasteiger partial charge in [-0.05, 0) is 40.6 Å². The van der Waals surface area contributed by atoms with E-state index < -0.39 is 0 Å². The molecule has 0 aliphatic rings. The Morgan fingerprint density at radius 2 is 1.62 bits per heavy atom. The molecule has 0 saturated carbocycles. The van der Waals surface area contributed by atoms with Crippen molar-refractivity contribution in [1.29, 1.82) is 0 Å². The molecule has 1 nitrogen and oxygen atoms in total. The zero-order chi connectivity index (χ0) is 14.7. The summed E-state index contributed by atoms with van der Waals surface area (Å²) in [4.78, 5) is 0. The van der Waals surface area contributed by atoms with Gasteiger partial charge in [-0.3, -0.25) is 0 Å². The van der Waals surface area contributed by atoms with Gasteiger partial charge in [-0.15, -0.1) is 0 Å². The molecule has 1 N–H and O–H groups in total. The average Bonchev–Trinajstić information content (AvgIpc) is 2.53. The molecule has 0 amide bonds. The van der Waals surface area contributed by atoms with E-state index in [0.717, 1.165) is 11.6 Å². The Balaban J connectivity index is 2.13. The molecule has 0 fully saturated rings. The Hall–Kier alpha value is -1.83. The van der Waals surface area contributed by atoms with Crippen molar-refractivity contribution in [2.75, 3.05) is 6.54 Å². The lowest BCUT2D eigenvalue weighted by Gasteiger charge is -2.21. The Bertz CT molecular complexity index is 729. The van der Waals surface area contributed by atoms with Crippen LogP contribution in [-0.2, 0) is 0 Å². The SMILES string of the molecule is CCNC(c1ccc(Cl)cc1)c1cccc2ccccc12. The topological polar surface area (TPSA) is 12.0 Å².